The summed E-state index contributed by atoms with van der Waals surface area (Å²) in [5, 5.41) is 0. The van der Waals surface area contributed by atoms with Crippen molar-refractivity contribution in [2.24, 2.45) is 0 Å². The lowest BCUT2D eigenvalue weighted by atomic mass is 9.93. The van der Waals surface area contributed by atoms with Gasteiger partial charge in [-0.1, -0.05) is 0 Å². The van der Waals surface area contributed by atoms with Crippen molar-refractivity contribution in [1.29, 1.82) is 0 Å². The molecule has 0 aliphatic carbocycles. The SMILES string of the molecule is Cc1cc(C=O)c(C)n1C1CCOC(C)(C)C1. The molecule has 1 aliphatic rings. The van der Waals surface area contributed by atoms with E-state index in [9.17, 15) is 4.79 Å². The number of hydrogen-bond donors (Lipinski definition) is 0. The molecule has 3 heteroatoms. The normalized spacial score (nSPS) is 23.6. The molecule has 0 aromatic carbocycles. The Balaban J connectivity index is 2.33. The van der Waals surface area contributed by atoms with E-state index < -0.39 is 0 Å². The van der Waals surface area contributed by atoms with Gasteiger partial charge in [0.05, 0.1) is 5.60 Å². The average Bonchev–Trinajstić information content (AvgIpc) is 2.52. The lowest BCUT2D eigenvalue weighted by Crippen LogP contribution is -2.35. The van der Waals surface area contributed by atoms with E-state index in [4.69, 9.17) is 4.74 Å². The summed E-state index contributed by atoms with van der Waals surface area (Å²) in [6, 6.07) is 2.43. The van der Waals surface area contributed by atoms with Gasteiger partial charge in [0.15, 0.2) is 6.29 Å². The molecular weight excluding hydrogens is 214 g/mol. The smallest absolute Gasteiger partial charge is 0.151 e. The number of nitrogens with zero attached hydrogens (tertiary/aromatic N) is 1. The first-order chi connectivity index (χ1) is 7.94. The Morgan fingerprint density at radius 1 is 1.47 bits per heavy atom. The minimum absolute atomic E-state index is 0.0621. The van der Waals surface area contributed by atoms with Gasteiger partial charge in [0.2, 0.25) is 0 Å². The Hall–Kier alpha value is -1.09. The van der Waals surface area contributed by atoms with Crippen LogP contribution in [0.15, 0.2) is 6.07 Å². The summed E-state index contributed by atoms with van der Waals surface area (Å²) in [6.07, 6.45) is 2.98. The lowest BCUT2D eigenvalue weighted by Gasteiger charge is -2.37. The van der Waals surface area contributed by atoms with Crippen molar-refractivity contribution in [3.8, 4) is 0 Å². The van der Waals surface area contributed by atoms with E-state index in [0.717, 1.165) is 37.0 Å². The monoisotopic (exact) mass is 235 g/mol. The molecule has 1 aromatic rings. The summed E-state index contributed by atoms with van der Waals surface area (Å²) >= 11 is 0. The van der Waals surface area contributed by atoms with Gasteiger partial charge in [-0.2, -0.15) is 0 Å². The van der Waals surface area contributed by atoms with Gasteiger partial charge in [-0.15, -0.1) is 0 Å². The van der Waals surface area contributed by atoms with Gasteiger partial charge < -0.3 is 9.30 Å². The van der Waals surface area contributed by atoms with E-state index in [1.165, 1.54) is 5.69 Å². The molecule has 0 saturated carbocycles. The molecule has 17 heavy (non-hydrogen) atoms. The highest BCUT2D eigenvalue weighted by atomic mass is 16.5. The maximum absolute atomic E-state index is 11.0. The second-order valence-electron chi connectivity index (χ2n) is 5.57. The molecule has 1 fully saturated rings. The fraction of sp³-hybridized carbons (Fsp3) is 0.643. The van der Waals surface area contributed by atoms with Crippen LogP contribution in [0.25, 0.3) is 0 Å². The Kier molecular flexibility index (Phi) is 3.13. The van der Waals surface area contributed by atoms with Crippen LogP contribution in [0.5, 0.6) is 0 Å². The van der Waals surface area contributed by atoms with Crippen LogP contribution < -0.4 is 0 Å². The summed E-state index contributed by atoms with van der Waals surface area (Å²) in [7, 11) is 0. The van der Waals surface area contributed by atoms with Crippen LogP contribution in [0, 0.1) is 13.8 Å². The third kappa shape index (κ3) is 2.29. The van der Waals surface area contributed by atoms with E-state index >= 15 is 0 Å². The molecule has 2 heterocycles. The van der Waals surface area contributed by atoms with E-state index in [-0.39, 0.29) is 5.60 Å². The van der Waals surface area contributed by atoms with Crippen LogP contribution in [-0.4, -0.2) is 23.1 Å². The number of ether oxygens (including phenoxy) is 1. The summed E-state index contributed by atoms with van der Waals surface area (Å²) in [5.41, 5.74) is 3.01. The number of carbonyl (C=O) groups is 1. The van der Waals surface area contributed by atoms with E-state index in [1.54, 1.807) is 0 Å². The molecule has 1 unspecified atom stereocenters. The van der Waals surface area contributed by atoms with Crippen molar-refractivity contribution in [1.82, 2.24) is 4.57 Å². The predicted molar refractivity (Wildman–Crippen MR) is 67.6 cm³/mol. The van der Waals surface area contributed by atoms with Gasteiger partial charge in [0, 0.05) is 29.6 Å². The topological polar surface area (TPSA) is 31.2 Å². The van der Waals surface area contributed by atoms with Crippen LogP contribution in [0.4, 0.5) is 0 Å². The number of aryl methyl sites for hydroxylation is 1. The summed E-state index contributed by atoms with van der Waals surface area (Å²) in [6.45, 7) is 9.16. The van der Waals surface area contributed by atoms with Crippen molar-refractivity contribution in [2.45, 2.75) is 52.2 Å². The van der Waals surface area contributed by atoms with Crippen LogP contribution >= 0.6 is 0 Å². The van der Waals surface area contributed by atoms with Gasteiger partial charge in [-0.3, -0.25) is 4.79 Å². The standard InChI is InChI=1S/C14H21NO2/c1-10-7-12(9-16)11(2)15(10)13-5-6-17-14(3,4)8-13/h7,9,13H,5-6,8H2,1-4H3. The third-order valence-corrected chi connectivity index (χ3v) is 3.69. The zero-order chi connectivity index (χ0) is 12.6. The van der Waals surface area contributed by atoms with Crippen molar-refractivity contribution in [3.05, 3.63) is 23.0 Å². The fourth-order valence-corrected chi connectivity index (χ4v) is 2.90. The second kappa shape index (κ2) is 4.30. The zero-order valence-corrected chi connectivity index (χ0v) is 11.1. The van der Waals surface area contributed by atoms with E-state index in [0.29, 0.717) is 6.04 Å². The first-order valence-corrected chi connectivity index (χ1v) is 6.22. The first-order valence-electron chi connectivity index (χ1n) is 6.22. The van der Waals surface area contributed by atoms with E-state index in [2.05, 4.69) is 25.3 Å². The molecule has 2 rings (SSSR count). The molecule has 1 aromatic heterocycles. The molecule has 1 atom stereocenters. The summed E-state index contributed by atoms with van der Waals surface area (Å²) in [4.78, 5) is 11.0. The quantitative estimate of drug-likeness (QED) is 0.738. The van der Waals surface area contributed by atoms with Crippen LogP contribution in [0.1, 0.15) is 54.5 Å². The fourth-order valence-electron chi connectivity index (χ4n) is 2.90. The van der Waals surface area contributed by atoms with Crippen molar-refractivity contribution < 1.29 is 9.53 Å². The molecule has 0 radical (unpaired) electrons. The van der Waals surface area contributed by atoms with Crippen LogP contribution in [0.3, 0.4) is 0 Å². The minimum atomic E-state index is -0.0621. The van der Waals surface area contributed by atoms with Gasteiger partial charge in [-0.25, -0.2) is 0 Å². The molecule has 1 aliphatic heterocycles. The molecule has 0 N–H and O–H groups in total. The zero-order valence-electron chi connectivity index (χ0n) is 11.1. The van der Waals surface area contributed by atoms with Gasteiger partial charge in [0.1, 0.15) is 0 Å². The molecule has 0 spiro atoms. The Labute approximate surface area is 103 Å². The van der Waals surface area contributed by atoms with Crippen molar-refractivity contribution in [2.75, 3.05) is 6.61 Å². The predicted octanol–water partition coefficient (Wildman–Crippen LogP) is 3.05. The minimum Gasteiger partial charge on any atom is -0.375 e. The van der Waals surface area contributed by atoms with Gasteiger partial charge >= 0.3 is 0 Å². The second-order valence-corrected chi connectivity index (χ2v) is 5.57. The maximum Gasteiger partial charge on any atom is 0.151 e. The van der Waals surface area contributed by atoms with Gasteiger partial charge in [0.25, 0.3) is 0 Å². The molecule has 1 saturated heterocycles. The Morgan fingerprint density at radius 3 is 2.71 bits per heavy atom. The van der Waals surface area contributed by atoms with Gasteiger partial charge in [-0.05, 0) is 46.6 Å². The highest BCUT2D eigenvalue weighted by Gasteiger charge is 2.31. The number of rotatable bonds is 2. The third-order valence-electron chi connectivity index (χ3n) is 3.69. The van der Waals surface area contributed by atoms with Crippen LogP contribution in [0.2, 0.25) is 0 Å². The van der Waals surface area contributed by atoms with Crippen LogP contribution in [-0.2, 0) is 4.74 Å². The maximum atomic E-state index is 11.0. The molecule has 94 valence electrons. The van der Waals surface area contributed by atoms with E-state index in [1.807, 2.05) is 13.0 Å². The summed E-state index contributed by atoms with van der Waals surface area (Å²) in [5.74, 6) is 0. The van der Waals surface area contributed by atoms with Crippen molar-refractivity contribution in [3.63, 3.8) is 0 Å². The first kappa shape index (κ1) is 12.4. The molecule has 0 bridgehead atoms. The number of aldehydes is 1. The molecular formula is C14H21NO2. The number of aromatic nitrogens is 1. The summed E-state index contributed by atoms with van der Waals surface area (Å²) < 4.78 is 8.05. The highest BCUT2D eigenvalue weighted by molar-refractivity contribution is 5.77. The Morgan fingerprint density at radius 2 is 2.18 bits per heavy atom. The number of carbonyl (C=O) groups excluding carboxylic acids is 1. The van der Waals surface area contributed by atoms with Crippen molar-refractivity contribution >= 4 is 6.29 Å². The number of hydrogen-bond acceptors (Lipinski definition) is 2. The lowest BCUT2D eigenvalue weighted by molar-refractivity contribution is -0.0694. The highest BCUT2D eigenvalue weighted by Crippen LogP contribution is 2.34. The Bertz CT molecular complexity index is 432. The average molecular weight is 235 g/mol. The largest absolute Gasteiger partial charge is 0.375 e. The molecule has 0 amide bonds. The molecule has 3 nitrogen and oxygen atoms in total.